The van der Waals surface area contributed by atoms with Gasteiger partial charge in [0, 0.05) is 44.5 Å². The summed E-state index contributed by atoms with van der Waals surface area (Å²) in [5.74, 6) is 1.88. The van der Waals surface area contributed by atoms with Crippen LogP contribution in [0, 0.1) is 0 Å². The highest BCUT2D eigenvalue weighted by molar-refractivity contribution is 7.99. The highest BCUT2D eigenvalue weighted by atomic mass is 32.2. The molecule has 1 aliphatic rings. The molecular weight excluding hydrogens is 222 g/mol. The largest absolute Gasteiger partial charge is 0.391 e. The molecule has 1 rings (SSSR count). The Morgan fingerprint density at radius 2 is 2.12 bits per heavy atom. The third kappa shape index (κ3) is 6.70. The lowest BCUT2D eigenvalue weighted by atomic mass is 10.3. The predicted molar refractivity (Wildman–Crippen MR) is 70.9 cm³/mol. The highest BCUT2D eigenvalue weighted by Gasteiger charge is 2.13. The quantitative estimate of drug-likeness (QED) is 0.540. The molecule has 0 aromatic rings. The van der Waals surface area contributed by atoms with Crippen molar-refractivity contribution in [2.75, 3.05) is 44.2 Å². The zero-order chi connectivity index (χ0) is 11.8. The molecule has 0 saturated carbocycles. The van der Waals surface area contributed by atoms with E-state index in [0.29, 0.717) is 0 Å². The number of piperazine rings is 1. The van der Waals surface area contributed by atoms with E-state index in [1.54, 1.807) is 11.8 Å². The summed E-state index contributed by atoms with van der Waals surface area (Å²) in [6.07, 6.45) is 0.835. The van der Waals surface area contributed by atoms with Gasteiger partial charge in [0.05, 0.1) is 6.10 Å². The van der Waals surface area contributed by atoms with Crippen LogP contribution in [0.3, 0.4) is 0 Å². The van der Waals surface area contributed by atoms with Crippen molar-refractivity contribution >= 4 is 11.8 Å². The fraction of sp³-hybridized carbons (Fsp3) is 1.00. The van der Waals surface area contributed by atoms with Gasteiger partial charge in [0.1, 0.15) is 0 Å². The summed E-state index contributed by atoms with van der Waals surface area (Å²) in [4.78, 5) is 2.33. The minimum absolute atomic E-state index is 0.198. The monoisotopic (exact) mass is 247 g/mol. The van der Waals surface area contributed by atoms with Crippen LogP contribution in [-0.4, -0.2) is 66.4 Å². The summed E-state index contributed by atoms with van der Waals surface area (Å²) in [6, 6.07) is 0.276. The van der Waals surface area contributed by atoms with Gasteiger partial charge in [-0.3, -0.25) is 4.90 Å². The van der Waals surface area contributed by atoms with E-state index in [9.17, 15) is 5.11 Å². The molecule has 4 N–H and O–H groups in total. The van der Waals surface area contributed by atoms with Gasteiger partial charge < -0.3 is 16.2 Å². The molecule has 0 aliphatic carbocycles. The van der Waals surface area contributed by atoms with E-state index < -0.39 is 0 Å². The van der Waals surface area contributed by atoms with Crippen molar-refractivity contribution in [3.63, 3.8) is 0 Å². The van der Waals surface area contributed by atoms with Gasteiger partial charge in [0.15, 0.2) is 0 Å². The molecule has 0 radical (unpaired) electrons. The zero-order valence-corrected chi connectivity index (χ0v) is 11.0. The second-order valence-corrected chi connectivity index (χ2v) is 5.70. The summed E-state index contributed by atoms with van der Waals surface area (Å²) in [5, 5.41) is 13.2. The molecule has 16 heavy (non-hydrogen) atoms. The normalized spacial score (nSPS) is 21.9. The summed E-state index contributed by atoms with van der Waals surface area (Å²) in [7, 11) is 0. The zero-order valence-electron chi connectivity index (χ0n) is 10.2. The van der Waals surface area contributed by atoms with Crippen LogP contribution in [0.4, 0.5) is 0 Å². The Labute approximate surface area is 103 Å². The van der Waals surface area contributed by atoms with Crippen LogP contribution in [0.1, 0.15) is 13.3 Å². The Balaban J connectivity index is 1.99. The highest BCUT2D eigenvalue weighted by Crippen LogP contribution is 2.07. The van der Waals surface area contributed by atoms with E-state index in [-0.39, 0.29) is 12.1 Å². The minimum Gasteiger partial charge on any atom is -0.391 e. The first-order valence-corrected chi connectivity index (χ1v) is 7.28. The number of nitrogens with one attached hydrogen (secondary N) is 1. The number of hydrogen-bond acceptors (Lipinski definition) is 5. The van der Waals surface area contributed by atoms with E-state index in [1.807, 2.05) is 6.92 Å². The van der Waals surface area contributed by atoms with Crippen LogP contribution in [0.15, 0.2) is 0 Å². The number of aliphatic hydroxyl groups excluding tert-OH is 1. The molecule has 0 aromatic carbocycles. The maximum atomic E-state index is 9.85. The van der Waals surface area contributed by atoms with Crippen LogP contribution in [-0.2, 0) is 0 Å². The van der Waals surface area contributed by atoms with Gasteiger partial charge in [0.25, 0.3) is 0 Å². The van der Waals surface area contributed by atoms with E-state index in [2.05, 4.69) is 10.2 Å². The van der Waals surface area contributed by atoms with Gasteiger partial charge in [-0.2, -0.15) is 11.8 Å². The van der Waals surface area contributed by atoms with Crippen molar-refractivity contribution < 1.29 is 5.11 Å². The van der Waals surface area contributed by atoms with Gasteiger partial charge in [-0.25, -0.2) is 0 Å². The van der Waals surface area contributed by atoms with Gasteiger partial charge in [-0.15, -0.1) is 0 Å². The SMILES string of the molecule is CC(N)CCSCC(O)CN1CCNCC1. The molecule has 2 atom stereocenters. The van der Waals surface area contributed by atoms with Crippen LogP contribution >= 0.6 is 11.8 Å². The first-order chi connectivity index (χ1) is 7.68. The van der Waals surface area contributed by atoms with E-state index in [4.69, 9.17) is 5.73 Å². The van der Waals surface area contributed by atoms with Gasteiger partial charge in [0.2, 0.25) is 0 Å². The Kier molecular flexibility index (Phi) is 7.40. The second kappa shape index (κ2) is 8.31. The second-order valence-electron chi connectivity index (χ2n) is 4.55. The van der Waals surface area contributed by atoms with Crippen molar-refractivity contribution in [3.05, 3.63) is 0 Å². The van der Waals surface area contributed by atoms with Crippen LogP contribution < -0.4 is 11.1 Å². The standard InChI is InChI=1S/C11H25N3OS/c1-10(12)2-7-16-9-11(15)8-14-5-3-13-4-6-14/h10-11,13,15H,2-9,12H2,1H3. The fourth-order valence-electron chi connectivity index (χ4n) is 1.73. The minimum atomic E-state index is -0.198. The molecular formula is C11H25N3OS. The summed E-state index contributed by atoms with van der Waals surface area (Å²) in [6.45, 7) is 7.04. The van der Waals surface area contributed by atoms with E-state index >= 15 is 0 Å². The van der Waals surface area contributed by atoms with Crippen molar-refractivity contribution in [3.8, 4) is 0 Å². The average molecular weight is 247 g/mol. The number of thioether (sulfide) groups is 1. The molecule has 0 aromatic heterocycles. The molecule has 1 fully saturated rings. The summed E-state index contributed by atoms with van der Waals surface area (Å²) < 4.78 is 0. The Bertz CT molecular complexity index is 175. The molecule has 2 unspecified atom stereocenters. The summed E-state index contributed by atoms with van der Waals surface area (Å²) >= 11 is 1.81. The number of β-amino-alcohol motifs (C(OH)–C–C–N with tert-alkyl or cyclic N) is 1. The van der Waals surface area contributed by atoms with Gasteiger partial charge >= 0.3 is 0 Å². The lowest BCUT2D eigenvalue weighted by molar-refractivity contribution is 0.121. The molecule has 4 nitrogen and oxygen atoms in total. The van der Waals surface area contributed by atoms with Crippen LogP contribution in [0.5, 0.6) is 0 Å². The summed E-state index contributed by atoms with van der Waals surface area (Å²) in [5.41, 5.74) is 5.67. The lowest BCUT2D eigenvalue weighted by Gasteiger charge is -2.28. The Morgan fingerprint density at radius 1 is 1.44 bits per heavy atom. The molecule has 5 heteroatoms. The smallest absolute Gasteiger partial charge is 0.0757 e. The molecule has 96 valence electrons. The van der Waals surface area contributed by atoms with E-state index in [1.165, 1.54) is 0 Å². The fourth-order valence-corrected chi connectivity index (χ4v) is 2.82. The van der Waals surface area contributed by atoms with E-state index in [0.717, 1.165) is 50.7 Å². The number of nitrogens with zero attached hydrogens (tertiary/aromatic N) is 1. The molecule has 0 amide bonds. The lowest BCUT2D eigenvalue weighted by Crippen LogP contribution is -2.46. The maximum absolute atomic E-state index is 9.85. The molecule has 1 saturated heterocycles. The first kappa shape index (κ1) is 14.3. The third-order valence-electron chi connectivity index (χ3n) is 2.71. The maximum Gasteiger partial charge on any atom is 0.0757 e. The number of nitrogens with two attached hydrogens (primary N) is 1. The van der Waals surface area contributed by atoms with Crippen LogP contribution in [0.2, 0.25) is 0 Å². The first-order valence-electron chi connectivity index (χ1n) is 6.13. The van der Waals surface area contributed by atoms with Crippen LogP contribution in [0.25, 0.3) is 0 Å². The molecule has 1 aliphatic heterocycles. The molecule has 0 bridgehead atoms. The van der Waals surface area contributed by atoms with Crippen molar-refractivity contribution in [1.82, 2.24) is 10.2 Å². The predicted octanol–water partition coefficient (Wildman–Crippen LogP) is -0.277. The average Bonchev–Trinajstić information content (AvgIpc) is 2.25. The Hall–Kier alpha value is 0.190. The van der Waals surface area contributed by atoms with Crippen molar-refractivity contribution in [2.45, 2.75) is 25.5 Å². The molecule has 1 heterocycles. The number of aliphatic hydroxyl groups is 1. The van der Waals surface area contributed by atoms with Gasteiger partial charge in [-0.05, 0) is 19.1 Å². The topological polar surface area (TPSA) is 61.5 Å². The number of rotatable bonds is 7. The van der Waals surface area contributed by atoms with Crippen molar-refractivity contribution in [2.24, 2.45) is 5.73 Å². The number of hydrogen-bond donors (Lipinski definition) is 3. The van der Waals surface area contributed by atoms with Crippen molar-refractivity contribution in [1.29, 1.82) is 0 Å². The van der Waals surface area contributed by atoms with Gasteiger partial charge in [-0.1, -0.05) is 0 Å². The molecule has 0 spiro atoms. The Morgan fingerprint density at radius 3 is 2.75 bits per heavy atom. The third-order valence-corrected chi connectivity index (χ3v) is 3.85.